The maximum absolute atomic E-state index is 12.0. The maximum Gasteiger partial charge on any atom is 0.260 e. The fraction of sp³-hybridized carbons (Fsp3) is 0.316. The van der Waals surface area contributed by atoms with Gasteiger partial charge in [-0.15, -0.1) is 0 Å². The summed E-state index contributed by atoms with van der Waals surface area (Å²) < 4.78 is 5.60. The predicted octanol–water partition coefficient (Wildman–Crippen LogP) is 3.10. The van der Waals surface area contributed by atoms with Crippen molar-refractivity contribution in [1.82, 2.24) is 5.32 Å². The molecule has 122 valence electrons. The standard InChI is InChI=1S/C19H24N2O2/c1-16(23-18-12-7-4-8-13-18)19(22)20-14-9-15-21(2)17-10-5-3-6-11-17/h3-8,10-13,16H,9,14-15H2,1-2H3,(H,20,22)/t16-/m1/s1. The van der Waals surface area contributed by atoms with Crippen LogP contribution in [0, 0.1) is 0 Å². The SMILES string of the molecule is C[C@@H](Oc1ccccc1)C(=O)NCCCN(C)c1ccccc1. The molecule has 0 heterocycles. The molecule has 0 saturated heterocycles. The third kappa shape index (κ3) is 5.66. The number of ether oxygens (including phenoxy) is 1. The number of amides is 1. The minimum absolute atomic E-state index is 0.0868. The molecule has 2 aromatic rings. The number of carbonyl (C=O) groups is 1. The molecule has 0 aliphatic heterocycles. The number of benzene rings is 2. The molecule has 0 aliphatic rings. The smallest absolute Gasteiger partial charge is 0.260 e. The fourth-order valence-electron chi connectivity index (χ4n) is 2.24. The van der Waals surface area contributed by atoms with Crippen molar-refractivity contribution < 1.29 is 9.53 Å². The lowest BCUT2D eigenvalue weighted by Crippen LogP contribution is -2.37. The molecular weight excluding hydrogens is 288 g/mol. The first-order valence-electron chi connectivity index (χ1n) is 7.92. The van der Waals surface area contributed by atoms with Gasteiger partial charge in [-0.3, -0.25) is 4.79 Å². The predicted molar refractivity (Wildman–Crippen MR) is 93.9 cm³/mol. The van der Waals surface area contributed by atoms with Gasteiger partial charge in [0.2, 0.25) is 0 Å². The number of carbonyl (C=O) groups excluding carboxylic acids is 1. The Morgan fingerprint density at radius 3 is 2.35 bits per heavy atom. The van der Waals surface area contributed by atoms with Gasteiger partial charge in [-0.1, -0.05) is 36.4 Å². The van der Waals surface area contributed by atoms with Crippen molar-refractivity contribution in [2.24, 2.45) is 0 Å². The van der Waals surface area contributed by atoms with Gasteiger partial charge in [-0.2, -0.15) is 0 Å². The van der Waals surface area contributed by atoms with Crippen LogP contribution in [-0.2, 0) is 4.79 Å². The van der Waals surface area contributed by atoms with Gasteiger partial charge in [0.15, 0.2) is 6.10 Å². The molecule has 0 bridgehead atoms. The molecule has 0 spiro atoms. The van der Waals surface area contributed by atoms with E-state index in [2.05, 4.69) is 29.4 Å². The number of anilines is 1. The number of rotatable bonds is 8. The van der Waals surface area contributed by atoms with Crippen molar-refractivity contribution in [2.45, 2.75) is 19.4 Å². The monoisotopic (exact) mass is 312 g/mol. The van der Waals surface area contributed by atoms with E-state index in [0.717, 1.165) is 13.0 Å². The van der Waals surface area contributed by atoms with Gasteiger partial charge in [0.05, 0.1) is 0 Å². The molecule has 1 atom stereocenters. The Morgan fingerprint density at radius 2 is 1.70 bits per heavy atom. The zero-order valence-corrected chi connectivity index (χ0v) is 13.7. The fourth-order valence-corrected chi connectivity index (χ4v) is 2.24. The van der Waals surface area contributed by atoms with Crippen molar-refractivity contribution in [1.29, 1.82) is 0 Å². The first-order chi connectivity index (χ1) is 11.2. The van der Waals surface area contributed by atoms with Gasteiger partial charge in [0, 0.05) is 25.8 Å². The zero-order valence-electron chi connectivity index (χ0n) is 13.7. The van der Waals surface area contributed by atoms with Gasteiger partial charge in [0.25, 0.3) is 5.91 Å². The second-order valence-corrected chi connectivity index (χ2v) is 5.47. The van der Waals surface area contributed by atoms with E-state index in [1.807, 2.05) is 48.5 Å². The van der Waals surface area contributed by atoms with E-state index in [-0.39, 0.29) is 5.91 Å². The van der Waals surface area contributed by atoms with E-state index in [1.165, 1.54) is 5.69 Å². The van der Waals surface area contributed by atoms with Gasteiger partial charge < -0.3 is 15.0 Å². The van der Waals surface area contributed by atoms with Crippen LogP contribution in [-0.4, -0.2) is 32.1 Å². The third-order valence-electron chi connectivity index (χ3n) is 3.59. The van der Waals surface area contributed by atoms with Crippen LogP contribution in [0.15, 0.2) is 60.7 Å². The minimum atomic E-state index is -0.496. The summed E-state index contributed by atoms with van der Waals surface area (Å²) in [5, 5.41) is 2.92. The molecule has 0 unspecified atom stereocenters. The number of nitrogens with one attached hydrogen (secondary N) is 1. The van der Waals surface area contributed by atoms with Crippen LogP contribution in [0.2, 0.25) is 0 Å². The first kappa shape index (κ1) is 16.9. The normalized spacial score (nSPS) is 11.6. The molecule has 0 fully saturated rings. The molecule has 4 nitrogen and oxygen atoms in total. The Kier molecular flexibility index (Phi) is 6.48. The average Bonchev–Trinajstić information content (AvgIpc) is 2.60. The lowest BCUT2D eigenvalue weighted by Gasteiger charge is -2.19. The van der Waals surface area contributed by atoms with Crippen molar-refractivity contribution in [3.63, 3.8) is 0 Å². The van der Waals surface area contributed by atoms with Crippen molar-refractivity contribution in [3.8, 4) is 5.75 Å². The molecule has 23 heavy (non-hydrogen) atoms. The van der Waals surface area contributed by atoms with Crippen molar-refractivity contribution >= 4 is 11.6 Å². The quantitative estimate of drug-likeness (QED) is 0.762. The van der Waals surface area contributed by atoms with E-state index in [4.69, 9.17) is 4.74 Å². The molecule has 0 radical (unpaired) electrons. The summed E-state index contributed by atoms with van der Waals surface area (Å²) in [5.41, 5.74) is 1.18. The zero-order chi connectivity index (χ0) is 16.5. The molecule has 1 N–H and O–H groups in total. The Morgan fingerprint density at radius 1 is 1.09 bits per heavy atom. The second-order valence-electron chi connectivity index (χ2n) is 5.47. The highest BCUT2D eigenvalue weighted by Crippen LogP contribution is 2.11. The maximum atomic E-state index is 12.0. The summed E-state index contributed by atoms with van der Waals surface area (Å²) in [4.78, 5) is 14.2. The Balaban J connectivity index is 1.66. The molecule has 1 amide bonds. The molecule has 0 aromatic heterocycles. The number of hydrogen-bond donors (Lipinski definition) is 1. The summed E-state index contributed by atoms with van der Waals surface area (Å²) in [7, 11) is 2.05. The lowest BCUT2D eigenvalue weighted by atomic mass is 10.3. The summed E-state index contributed by atoms with van der Waals surface area (Å²) >= 11 is 0. The van der Waals surface area contributed by atoms with Crippen LogP contribution in [0.3, 0.4) is 0 Å². The van der Waals surface area contributed by atoms with E-state index >= 15 is 0 Å². The molecular formula is C19H24N2O2. The number of hydrogen-bond acceptors (Lipinski definition) is 3. The Labute approximate surface area is 138 Å². The van der Waals surface area contributed by atoms with E-state index in [9.17, 15) is 4.79 Å². The first-order valence-corrected chi connectivity index (χ1v) is 7.92. The van der Waals surface area contributed by atoms with Gasteiger partial charge in [0.1, 0.15) is 5.75 Å². The largest absolute Gasteiger partial charge is 0.481 e. The minimum Gasteiger partial charge on any atom is -0.481 e. The average molecular weight is 312 g/mol. The highest BCUT2D eigenvalue weighted by atomic mass is 16.5. The molecule has 0 saturated carbocycles. The summed E-state index contributed by atoms with van der Waals surface area (Å²) in [6.07, 6.45) is 0.388. The molecule has 0 aliphatic carbocycles. The van der Waals surface area contributed by atoms with Gasteiger partial charge >= 0.3 is 0 Å². The number of para-hydroxylation sites is 2. The van der Waals surface area contributed by atoms with Crippen LogP contribution in [0.5, 0.6) is 5.75 Å². The second kappa shape index (κ2) is 8.83. The topological polar surface area (TPSA) is 41.6 Å². The molecule has 2 rings (SSSR count). The molecule has 4 heteroatoms. The van der Waals surface area contributed by atoms with Crippen LogP contribution < -0.4 is 15.0 Å². The van der Waals surface area contributed by atoms with Crippen LogP contribution in [0.4, 0.5) is 5.69 Å². The van der Waals surface area contributed by atoms with Crippen molar-refractivity contribution in [3.05, 3.63) is 60.7 Å². The van der Waals surface area contributed by atoms with Gasteiger partial charge in [-0.05, 0) is 37.6 Å². The van der Waals surface area contributed by atoms with E-state index < -0.39 is 6.10 Å². The van der Waals surface area contributed by atoms with E-state index in [1.54, 1.807) is 6.92 Å². The summed E-state index contributed by atoms with van der Waals surface area (Å²) in [6.45, 7) is 3.29. The Bertz CT molecular complexity index is 587. The lowest BCUT2D eigenvalue weighted by molar-refractivity contribution is -0.127. The molecule has 2 aromatic carbocycles. The van der Waals surface area contributed by atoms with Gasteiger partial charge in [-0.25, -0.2) is 0 Å². The van der Waals surface area contributed by atoms with Crippen LogP contribution >= 0.6 is 0 Å². The van der Waals surface area contributed by atoms with Crippen LogP contribution in [0.1, 0.15) is 13.3 Å². The Hall–Kier alpha value is -2.49. The van der Waals surface area contributed by atoms with Crippen LogP contribution in [0.25, 0.3) is 0 Å². The van der Waals surface area contributed by atoms with Crippen molar-refractivity contribution in [2.75, 3.05) is 25.0 Å². The highest BCUT2D eigenvalue weighted by Gasteiger charge is 2.13. The summed E-state index contributed by atoms with van der Waals surface area (Å²) in [6, 6.07) is 19.6. The number of nitrogens with zero attached hydrogens (tertiary/aromatic N) is 1. The summed E-state index contributed by atoms with van der Waals surface area (Å²) in [5.74, 6) is 0.621. The van der Waals surface area contributed by atoms with E-state index in [0.29, 0.717) is 12.3 Å². The highest BCUT2D eigenvalue weighted by molar-refractivity contribution is 5.80. The third-order valence-corrected chi connectivity index (χ3v) is 3.59.